The molecule has 0 amide bonds. The summed E-state index contributed by atoms with van der Waals surface area (Å²) in [6, 6.07) is 9.91. The lowest BCUT2D eigenvalue weighted by atomic mass is 9.75. The van der Waals surface area contributed by atoms with Crippen LogP contribution in [0, 0.1) is 5.92 Å². The third-order valence-corrected chi connectivity index (χ3v) is 5.52. The first-order chi connectivity index (χ1) is 12.6. The molecule has 0 saturated heterocycles. The first-order valence-electron chi connectivity index (χ1n) is 9.06. The average molecular weight is 350 g/mol. The number of benzene rings is 2. The quantitative estimate of drug-likeness (QED) is 0.679. The minimum absolute atomic E-state index is 0.107. The van der Waals surface area contributed by atoms with Crippen LogP contribution in [0.3, 0.4) is 0 Å². The third-order valence-electron chi connectivity index (χ3n) is 5.52. The maximum Gasteiger partial charge on any atom is 0.302 e. The van der Waals surface area contributed by atoms with Gasteiger partial charge in [-0.3, -0.25) is 9.59 Å². The smallest absolute Gasteiger partial charge is 0.302 e. The first kappa shape index (κ1) is 16.8. The van der Waals surface area contributed by atoms with Crippen molar-refractivity contribution in [2.75, 3.05) is 13.7 Å². The molecule has 4 nitrogen and oxygen atoms in total. The molecule has 0 radical (unpaired) electrons. The van der Waals surface area contributed by atoms with E-state index >= 15 is 0 Å². The largest absolute Gasteiger partial charge is 0.496 e. The molecule has 134 valence electrons. The Kier molecular flexibility index (Phi) is 4.27. The zero-order valence-electron chi connectivity index (χ0n) is 15.1. The summed E-state index contributed by atoms with van der Waals surface area (Å²) in [5.41, 5.74) is 6.11. The van der Waals surface area contributed by atoms with Crippen LogP contribution in [-0.4, -0.2) is 25.5 Å². The lowest BCUT2D eigenvalue weighted by Gasteiger charge is -2.29. The number of carbonyl (C=O) groups excluding carboxylic acids is 2. The highest BCUT2D eigenvalue weighted by Crippen LogP contribution is 2.38. The van der Waals surface area contributed by atoms with Crippen molar-refractivity contribution in [2.45, 2.75) is 32.6 Å². The van der Waals surface area contributed by atoms with E-state index in [4.69, 9.17) is 9.47 Å². The lowest BCUT2D eigenvalue weighted by molar-refractivity contribution is -0.142. The second-order valence-electron chi connectivity index (χ2n) is 7.14. The van der Waals surface area contributed by atoms with Crippen molar-refractivity contribution in [3.8, 4) is 5.75 Å². The fourth-order valence-electron chi connectivity index (χ4n) is 4.26. The molecule has 2 aromatic carbocycles. The third kappa shape index (κ3) is 2.79. The number of methoxy groups -OCH3 is 1. The zero-order valence-corrected chi connectivity index (χ0v) is 15.1. The SMILES string of the molecule is COc1cccc2c1Cc1ccc3c(c1C2=O)CCC(COC(C)=O)C3. The Morgan fingerprint density at radius 2 is 1.96 bits per heavy atom. The van der Waals surface area contributed by atoms with Gasteiger partial charge in [0.05, 0.1) is 13.7 Å². The van der Waals surface area contributed by atoms with Crippen molar-refractivity contribution >= 4 is 11.8 Å². The van der Waals surface area contributed by atoms with Crippen LogP contribution in [0.1, 0.15) is 51.5 Å². The molecule has 0 aliphatic heterocycles. The molecule has 26 heavy (non-hydrogen) atoms. The van der Waals surface area contributed by atoms with Gasteiger partial charge < -0.3 is 9.47 Å². The van der Waals surface area contributed by atoms with Crippen LogP contribution < -0.4 is 4.74 Å². The Bertz CT molecular complexity index is 897. The lowest BCUT2D eigenvalue weighted by Crippen LogP contribution is -2.25. The van der Waals surface area contributed by atoms with Gasteiger partial charge in [0.1, 0.15) is 5.75 Å². The van der Waals surface area contributed by atoms with E-state index in [1.807, 2.05) is 18.2 Å². The summed E-state index contributed by atoms with van der Waals surface area (Å²) in [6.07, 6.45) is 3.38. The molecule has 2 aliphatic rings. The highest BCUT2D eigenvalue weighted by molar-refractivity contribution is 6.13. The van der Waals surface area contributed by atoms with Crippen LogP contribution in [-0.2, 0) is 28.8 Å². The molecule has 4 rings (SSSR count). The van der Waals surface area contributed by atoms with Crippen molar-refractivity contribution in [3.05, 3.63) is 63.7 Å². The topological polar surface area (TPSA) is 52.6 Å². The van der Waals surface area contributed by atoms with Gasteiger partial charge in [0.15, 0.2) is 5.78 Å². The van der Waals surface area contributed by atoms with E-state index in [2.05, 4.69) is 12.1 Å². The summed E-state index contributed by atoms with van der Waals surface area (Å²) >= 11 is 0. The fraction of sp³-hybridized carbons (Fsp3) is 0.364. The molecule has 2 aromatic rings. The van der Waals surface area contributed by atoms with Gasteiger partial charge in [-0.25, -0.2) is 0 Å². The van der Waals surface area contributed by atoms with E-state index in [1.54, 1.807) is 7.11 Å². The second-order valence-corrected chi connectivity index (χ2v) is 7.14. The van der Waals surface area contributed by atoms with E-state index in [0.29, 0.717) is 12.5 Å². The second kappa shape index (κ2) is 6.60. The van der Waals surface area contributed by atoms with Crippen LogP contribution in [0.4, 0.5) is 0 Å². The van der Waals surface area contributed by atoms with E-state index in [-0.39, 0.29) is 11.8 Å². The molecule has 1 atom stereocenters. The summed E-state index contributed by atoms with van der Waals surface area (Å²) in [7, 11) is 1.64. The predicted molar refractivity (Wildman–Crippen MR) is 97.8 cm³/mol. The summed E-state index contributed by atoms with van der Waals surface area (Å²) < 4.78 is 10.6. The van der Waals surface area contributed by atoms with Crippen LogP contribution >= 0.6 is 0 Å². The number of ether oxygens (including phenoxy) is 2. The Balaban J connectivity index is 1.68. The molecule has 0 spiro atoms. The summed E-state index contributed by atoms with van der Waals surface area (Å²) in [6.45, 7) is 1.90. The highest BCUT2D eigenvalue weighted by atomic mass is 16.5. The first-order valence-corrected chi connectivity index (χ1v) is 9.06. The van der Waals surface area contributed by atoms with Gasteiger partial charge in [-0.2, -0.15) is 0 Å². The van der Waals surface area contributed by atoms with E-state index in [1.165, 1.54) is 18.1 Å². The van der Waals surface area contributed by atoms with Crippen molar-refractivity contribution in [3.63, 3.8) is 0 Å². The number of rotatable bonds is 3. The molecule has 2 aliphatic carbocycles. The van der Waals surface area contributed by atoms with Gasteiger partial charge >= 0.3 is 5.97 Å². The van der Waals surface area contributed by atoms with E-state index < -0.39 is 0 Å². The summed E-state index contributed by atoms with van der Waals surface area (Å²) in [4.78, 5) is 24.3. The van der Waals surface area contributed by atoms with Gasteiger partial charge in [0.25, 0.3) is 0 Å². The van der Waals surface area contributed by atoms with E-state index in [0.717, 1.165) is 53.7 Å². The van der Waals surface area contributed by atoms with Crippen LogP contribution in [0.2, 0.25) is 0 Å². The number of ketones is 1. The molecule has 1 unspecified atom stereocenters. The van der Waals surface area contributed by atoms with Gasteiger partial charge in [-0.05, 0) is 47.9 Å². The standard InChI is InChI=1S/C22H22O4/c1-13(23)26-12-14-6-9-17-15(10-14)7-8-16-11-19-18(22(24)21(16)17)4-3-5-20(19)25-2/h3-5,7-8,14H,6,9-12H2,1-2H3. The molecule has 4 heteroatoms. The van der Waals surface area contributed by atoms with Gasteiger partial charge in [0, 0.05) is 30.0 Å². The summed E-state index contributed by atoms with van der Waals surface area (Å²) in [5.74, 6) is 0.980. The van der Waals surface area contributed by atoms with Crippen molar-refractivity contribution in [2.24, 2.45) is 5.92 Å². The molecule has 0 heterocycles. The van der Waals surface area contributed by atoms with Crippen LogP contribution in [0.5, 0.6) is 5.75 Å². The monoisotopic (exact) mass is 350 g/mol. The van der Waals surface area contributed by atoms with E-state index in [9.17, 15) is 9.59 Å². The molecule has 0 aromatic heterocycles. The van der Waals surface area contributed by atoms with Crippen molar-refractivity contribution in [1.29, 1.82) is 0 Å². The number of carbonyl (C=O) groups is 2. The normalized spacial score (nSPS) is 17.8. The molecular formula is C22H22O4. The summed E-state index contributed by atoms with van der Waals surface area (Å²) in [5, 5.41) is 0. The molecular weight excluding hydrogens is 328 g/mol. The van der Waals surface area contributed by atoms with Crippen molar-refractivity contribution < 1.29 is 19.1 Å². The van der Waals surface area contributed by atoms with Gasteiger partial charge in [-0.1, -0.05) is 24.3 Å². The highest BCUT2D eigenvalue weighted by Gasteiger charge is 2.31. The van der Waals surface area contributed by atoms with Crippen molar-refractivity contribution in [1.82, 2.24) is 0 Å². The maximum absolute atomic E-state index is 13.2. The van der Waals surface area contributed by atoms with Gasteiger partial charge in [0.2, 0.25) is 0 Å². The molecule has 0 fully saturated rings. The predicted octanol–water partition coefficient (Wildman–Crippen LogP) is 3.50. The minimum atomic E-state index is -0.234. The maximum atomic E-state index is 13.2. The Morgan fingerprint density at radius 1 is 1.15 bits per heavy atom. The number of esters is 1. The average Bonchev–Trinajstić information content (AvgIpc) is 2.65. The molecule has 0 saturated carbocycles. The van der Waals surface area contributed by atoms with Crippen LogP contribution in [0.15, 0.2) is 30.3 Å². The van der Waals surface area contributed by atoms with Crippen LogP contribution in [0.25, 0.3) is 0 Å². The fourth-order valence-corrected chi connectivity index (χ4v) is 4.26. The number of fused-ring (bicyclic) bond motifs is 4. The molecule has 0 N–H and O–H groups in total. The Morgan fingerprint density at radius 3 is 2.73 bits per heavy atom. The molecule has 0 bridgehead atoms. The number of hydrogen-bond donors (Lipinski definition) is 0. The minimum Gasteiger partial charge on any atom is -0.496 e. The Labute approximate surface area is 153 Å². The van der Waals surface area contributed by atoms with Gasteiger partial charge in [-0.15, -0.1) is 0 Å². The Hall–Kier alpha value is -2.62. The zero-order chi connectivity index (χ0) is 18.3. The number of hydrogen-bond acceptors (Lipinski definition) is 4.